The summed E-state index contributed by atoms with van der Waals surface area (Å²) >= 11 is 0. The summed E-state index contributed by atoms with van der Waals surface area (Å²) in [5.41, 5.74) is 9.33. The molecule has 8 aromatic rings. The van der Waals surface area contributed by atoms with Gasteiger partial charge in [-0.05, 0) is 89.3 Å². The quantitative estimate of drug-likeness (QED) is 0.126. The van der Waals surface area contributed by atoms with Gasteiger partial charge in [-0.1, -0.05) is 140 Å². The van der Waals surface area contributed by atoms with Crippen LogP contribution in [0, 0.1) is 0 Å². The maximum absolute atomic E-state index is 2.48. The fraction of sp³-hybridized carbons (Fsp3) is 0.0417. The van der Waals surface area contributed by atoms with Crippen LogP contribution >= 0.6 is 0 Å². The van der Waals surface area contributed by atoms with Crippen LogP contribution in [0.3, 0.4) is 0 Å². The minimum atomic E-state index is 1.02. The highest BCUT2D eigenvalue weighted by molar-refractivity contribution is 6.23. The van der Waals surface area contributed by atoms with Crippen LogP contribution in [-0.4, -0.2) is 0 Å². The van der Waals surface area contributed by atoms with Crippen molar-refractivity contribution >= 4 is 60.8 Å². The van der Waals surface area contributed by atoms with E-state index in [0.29, 0.717) is 0 Å². The highest BCUT2D eigenvalue weighted by Crippen LogP contribution is 2.51. The lowest BCUT2D eigenvalue weighted by atomic mass is 9.92. The lowest BCUT2D eigenvalue weighted by Crippen LogP contribution is -2.18. The third kappa shape index (κ3) is 5.32. The Kier molecular flexibility index (Phi) is 7.68. The molecule has 2 nitrogen and oxygen atoms in total. The fourth-order valence-electron chi connectivity index (χ4n) is 7.47. The molecule has 0 spiro atoms. The van der Waals surface area contributed by atoms with Crippen LogP contribution in [0.25, 0.3) is 43.4 Å². The van der Waals surface area contributed by atoms with Gasteiger partial charge in [0.1, 0.15) is 0 Å². The van der Waals surface area contributed by atoms with Crippen molar-refractivity contribution in [1.82, 2.24) is 0 Å². The summed E-state index contributed by atoms with van der Waals surface area (Å²) in [5, 5.41) is 7.28. The van der Waals surface area contributed by atoms with E-state index in [2.05, 4.69) is 204 Å². The number of fused-ring (bicyclic) bond motifs is 3. The number of para-hydroxylation sites is 3. The summed E-state index contributed by atoms with van der Waals surface area (Å²) < 4.78 is 0. The molecule has 0 saturated heterocycles. The number of nitrogens with zero attached hydrogens (tertiary/aromatic N) is 2. The summed E-state index contributed by atoms with van der Waals surface area (Å²) in [6.45, 7) is 0. The third-order valence-electron chi connectivity index (χ3n) is 9.77. The number of rotatable bonds is 7. The Balaban J connectivity index is 1.42. The molecule has 0 fully saturated rings. The largest absolute Gasteiger partial charge is 0.310 e. The summed E-state index contributed by atoms with van der Waals surface area (Å²) in [5.74, 6) is 0. The van der Waals surface area contributed by atoms with Gasteiger partial charge < -0.3 is 9.80 Å². The first-order valence-electron chi connectivity index (χ1n) is 17.4. The van der Waals surface area contributed by atoms with Gasteiger partial charge in [-0.3, -0.25) is 0 Å². The smallest absolute Gasteiger partial charge is 0.0620 e. The Morgan fingerprint density at radius 3 is 1.48 bits per heavy atom. The first-order chi connectivity index (χ1) is 24.8. The van der Waals surface area contributed by atoms with Gasteiger partial charge in [-0.15, -0.1) is 0 Å². The summed E-state index contributed by atoms with van der Waals surface area (Å²) in [6.07, 6.45) is 9.05. The van der Waals surface area contributed by atoms with Crippen LogP contribution in [0.4, 0.5) is 28.4 Å². The molecule has 0 atom stereocenters. The Bertz CT molecular complexity index is 2490. The number of hydrogen-bond donors (Lipinski definition) is 0. The Morgan fingerprint density at radius 2 is 0.860 bits per heavy atom. The van der Waals surface area contributed by atoms with Crippen molar-refractivity contribution in [2.24, 2.45) is 0 Å². The molecule has 0 N–H and O–H groups in total. The fourth-order valence-corrected chi connectivity index (χ4v) is 7.47. The maximum atomic E-state index is 2.48. The Labute approximate surface area is 293 Å². The second kappa shape index (κ2) is 12.9. The maximum Gasteiger partial charge on any atom is 0.0620 e. The van der Waals surface area contributed by atoms with Crippen LogP contribution in [0.2, 0.25) is 0 Å². The average Bonchev–Trinajstić information content (AvgIpc) is 3.20. The van der Waals surface area contributed by atoms with E-state index in [0.717, 1.165) is 29.9 Å². The molecule has 238 valence electrons. The van der Waals surface area contributed by atoms with E-state index in [1.165, 1.54) is 60.5 Å². The van der Waals surface area contributed by atoms with Crippen LogP contribution in [0.15, 0.2) is 200 Å². The zero-order chi connectivity index (χ0) is 33.3. The average molecular weight is 641 g/mol. The lowest BCUT2D eigenvalue weighted by Gasteiger charge is -2.33. The van der Waals surface area contributed by atoms with Gasteiger partial charge in [-0.25, -0.2) is 0 Å². The lowest BCUT2D eigenvalue weighted by molar-refractivity contribution is 0.999. The topological polar surface area (TPSA) is 6.48 Å². The van der Waals surface area contributed by atoms with Crippen LogP contribution in [0.5, 0.6) is 0 Å². The predicted octanol–water partition coefficient (Wildman–Crippen LogP) is 13.7. The monoisotopic (exact) mass is 640 g/mol. The van der Waals surface area contributed by atoms with E-state index in [4.69, 9.17) is 0 Å². The zero-order valence-corrected chi connectivity index (χ0v) is 27.8. The molecular formula is C48H36N2. The first kappa shape index (κ1) is 29.7. The number of benzene rings is 8. The molecule has 2 heteroatoms. The van der Waals surface area contributed by atoms with Crippen molar-refractivity contribution in [3.05, 3.63) is 200 Å². The Morgan fingerprint density at radius 1 is 0.360 bits per heavy atom. The van der Waals surface area contributed by atoms with Crippen molar-refractivity contribution in [3.8, 4) is 11.1 Å². The molecule has 0 aliphatic heterocycles. The minimum Gasteiger partial charge on any atom is -0.310 e. The molecule has 8 aromatic carbocycles. The summed E-state index contributed by atoms with van der Waals surface area (Å²) in [7, 11) is 0. The SMILES string of the molecule is C1=CC(N(c2ccccc2)c2c3ccccc3c(N(c3ccccc3)c3ccccc3)c3ccc(-c4ccc5ccccc5c4)cc23)=CCC1. The van der Waals surface area contributed by atoms with Gasteiger partial charge in [0, 0.05) is 44.3 Å². The predicted molar refractivity (Wildman–Crippen MR) is 214 cm³/mol. The molecule has 0 bridgehead atoms. The normalized spacial score (nSPS) is 12.7. The van der Waals surface area contributed by atoms with Gasteiger partial charge in [0.2, 0.25) is 0 Å². The van der Waals surface area contributed by atoms with Gasteiger partial charge in [0.15, 0.2) is 0 Å². The van der Waals surface area contributed by atoms with Crippen LogP contribution in [0.1, 0.15) is 12.8 Å². The van der Waals surface area contributed by atoms with Gasteiger partial charge in [-0.2, -0.15) is 0 Å². The molecule has 9 rings (SSSR count). The number of anilines is 5. The van der Waals surface area contributed by atoms with E-state index in [1.54, 1.807) is 0 Å². The standard InChI is InChI=1S/C48H36N2/c1-5-19-39(20-6-1)49(40-21-7-2-8-22-40)47-43-27-15-16-28-44(43)48(50(41-23-9-3-10-24-41)42-25-11-4-12-26-42)46-34-38(31-32-45(46)47)37-30-29-35-17-13-14-18-36(35)33-37/h1-3,5-11,13-34H,4,12H2. The highest BCUT2D eigenvalue weighted by Gasteiger charge is 2.26. The third-order valence-corrected chi connectivity index (χ3v) is 9.77. The van der Waals surface area contributed by atoms with E-state index >= 15 is 0 Å². The van der Waals surface area contributed by atoms with Crippen molar-refractivity contribution < 1.29 is 0 Å². The second-order valence-corrected chi connectivity index (χ2v) is 12.9. The van der Waals surface area contributed by atoms with Gasteiger partial charge >= 0.3 is 0 Å². The zero-order valence-electron chi connectivity index (χ0n) is 27.8. The molecule has 0 unspecified atom stereocenters. The molecule has 50 heavy (non-hydrogen) atoms. The number of hydrogen-bond acceptors (Lipinski definition) is 2. The number of allylic oxidation sites excluding steroid dienone is 3. The van der Waals surface area contributed by atoms with E-state index in [9.17, 15) is 0 Å². The highest BCUT2D eigenvalue weighted by atomic mass is 15.2. The van der Waals surface area contributed by atoms with Crippen LogP contribution in [-0.2, 0) is 0 Å². The molecular weight excluding hydrogens is 605 g/mol. The molecule has 0 saturated carbocycles. The van der Waals surface area contributed by atoms with Crippen LogP contribution < -0.4 is 9.80 Å². The second-order valence-electron chi connectivity index (χ2n) is 12.9. The van der Waals surface area contributed by atoms with Gasteiger partial charge in [0.05, 0.1) is 11.4 Å². The summed E-state index contributed by atoms with van der Waals surface area (Å²) in [4.78, 5) is 4.90. The van der Waals surface area contributed by atoms with E-state index in [-0.39, 0.29) is 0 Å². The van der Waals surface area contributed by atoms with Crippen molar-refractivity contribution in [2.75, 3.05) is 9.80 Å². The molecule has 0 radical (unpaired) electrons. The van der Waals surface area contributed by atoms with Crippen molar-refractivity contribution in [3.63, 3.8) is 0 Å². The molecule has 1 aliphatic rings. The molecule has 0 aromatic heterocycles. The molecule has 0 amide bonds. The Hall–Kier alpha value is -6.38. The van der Waals surface area contributed by atoms with Crippen molar-refractivity contribution in [2.45, 2.75) is 12.8 Å². The summed E-state index contributed by atoms with van der Waals surface area (Å²) in [6, 6.07) is 63.8. The first-order valence-corrected chi connectivity index (χ1v) is 17.4. The molecule has 0 heterocycles. The van der Waals surface area contributed by atoms with Crippen molar-refractivity contribution in [1.29, 1.82) is 0 Å². The van der Waals surface area contributed by atoms with Gasteiger partial charge in [0.25, 0.3) is 0 Å². The van der Waals surface area contributed by atoms with E-state index in [1.807, 2.05) is 0 Å². The molecule has 1 aliphatic carbocycles. The minimum absolute atomic E-state index is 1.02. The van der Waals surface area contributed by atoms with E-state index < -0.39 is 0 Å².